The highest BCUT2D eigenvalue weighted by Crippen LogP contribution is 2.45. The van der Waals surface area contributed by atoms with Crippen LogP contribution in [0.15, 0.2) is 24.3 Å². The van der Waals surface area contributed by atoms with Gasteiger partial charge in [-0.25, -0.2) is 0 Å². The van der Waals surface area contributed by atoms with Crippen LogP contribution in [0.2, 0.25) is 0 Å². The van der Waals surface area contributed by atoms with Gasteiger partial charge in [-0.3, -0.25) is 24.5 Å². The summed E-state index contributed by atoms with van der Waals surface area (Å²) in [6, 6.07) is 8.38. The average Bonchev–Trinajstić information content (AvgIpc) is 3.51. The van der Waals surface area contributed by atoms with Crippen molar-refractivity contribution in [3.8, 4) is 11.8 Å². The minimum absolute atomic E-state index is 0.127. The molecule has 2 heterocycles. The number of rotatable bonds is 8. The number of nitrogens with zero attached hydrogens (tertiary/aromatic N) is 1. The van der Waals surface area contributed by atoms with Gasteiger partial charge >= 0.3 is 0 Å². The van der Waals surface area contributed by atoms with Gasteiger partial charge in [0.15, 0.2) is 5.54 Å². The summed E-state index contributed by atoms with van der Waals surface area (Å²) in [6.07, 6.45) is 1.43. The molecule has 2 aliphatic carbocycles. The molecular weight excluding hydrogens is 490 g/mol. The molecule has 0 radical (unpaired) electrons. The van der Waals surface area contributed by atoms with Crippen LogP contribution in [0.3, 0.4) is 0 Å². The summed E-state index contributed by atoms with van der Waals surface area (Å²) in [5, 5.41) is 19.0. The van der Waals surface area contributed by atoms with Gasteiger partial charge in [-0.1, -0.05) is 25.8 Å². The number of aromatic nitrogens is 1. The predicted molar refractivity (Wildman–Crippen MR) is 135 cm³/mol. The second-order valence-corrected chi connectivity index (χ2v) is 10.6. The minimum Gasteiger partial charge on any atom is -0.496 e. The van der Waals surface area contributed by atoms with Gasteiger partial charge in [0, 0.05) is 18.0 Å². The molecule has 5 rings (SSSR count). The Morgan fingerprint density at radius 2 is 1.95 bits per heavy atom. The second kappa shape index (κ2) is 9.76. The lowest BCUT2D eigenvalue weighted by Crippen LogP contribution is -2.66. The van der Waals surface area contributed by atoms with E-state index in [0.29, 0.717) is 12.2 Å². The van der Waals surface area contributed by atoms with E-state index < -0.39 is 47.2 Å². The van der Waals surface area contributed by atoms with Crippen molar-refractivity contribution in [1.29, 1.82) is 5.26 Å². The zero-order valence-corrected chi connectivity index (χ0v) is 21.5. The zero-order chi connectivity index (χ0) is 27.2. The van der Waals surface area contributed by atoms with Gasteiger partial charge in [-0.2, -0.15) is 5.26 Å². The van der Waals surface area contributed by atoms with Gasteiger partial charge in [0.2, 0.25) is 17.7 Å². The number of nitrogens with one attached hydrogen (secondary N) is 4. The summed E-state index contributed by atoms with van der Waals surface area (Å²) in [7, 11) is 2.91. The fourth-order valence-corrected chi connectivity index (χ4v) is 6.11. The lowest BCUT2D eigenvalue weighted by Gasteiger charge is -2.46. The summed E-state index contributed by atoms with van der Waals surface area (Å²) < 4.78 is 11.0. The van der Waals surface area contributed by atoms with Crippen LogP contribution in [0.25, 0.3) is 10.9 Å². The molecule has 6 atom stereocenters. The summed E-state index contributed by atoms with van der Waals surface area (Å²) in [4.78, 5) is 55.0. The number of hydrogen-bond acceptors (Lipinski definition) is 7. The predicted octanol–water partition coefficient (Wildman–Crippen LogP) is 1.40. The van der Waals surface area contributed by atoms with E-state index in [1.165, 1.54) is 7.11 Å². The largest absolute Gasteiger partial charge is 0.496 e. The fraction of sp³-hybridized carbons (Fsp3) is 0.519. The maximum atomic E-state index is 13.7. The Morgan fingerprint density at radius 1 is 1.21 bits per heavy atom. The Bertz CT molecular complexity index is 1340. The number of hydrogen-bond donors (Lipinski definition) is 4. The third kappa shape index (κ3) is 4.39. The van der Waals surface area contributed by atoms with Gasteiger partial charge in [0.1, 0.15) is 23.6 Å². The topological polar surface area (TPSA) is 162 Å². The van der Waals surface area contributed by atoms with Crippen LogP contribution in [0.4, 0.5) is 0 Å². The van der Waals surface area contributed by atoms with Crippen molar-refractivity contribution in [2.45, 2.75) is 50.3 Å². The van der Waals surface area contributed by atoms with Crippen molar-refractivity contribution in [3.05, 3.63) is 30.0 Å². The molecule has 2 aromatic rings. The first-order valence-electron chi connectivity index (χ1n) is 12.8. The number of benzene rings is 1. The van der Waals surface area contributed by atoms with Crippen molar-refractivity contribution in [3.63, 3.8) is 0 Å². The van der Waals surface area contributed by atoms with Crippen LogP contribution in [0, 0.1) is 35.0 Å². The van der Waals surface area contributed by atoms with E-state index >= 15 is 0 Å². The van der Waals surface area contributed by atoms with E-state index in [1.807, 2.05) is 12.1 Å². The van der Waals surface area contributed by atoms with Crippen LogP contribution in [0.1, 0.15) is 43.1 Å². The number of amides is 4. The number of carbonyl (C=O) groups is 4. The molecule has 1 saturated heterocycles. The van der Waals surface area contributed by atoms with E-state index in [4.69, 9.17) is 9.47 Å². The van der Waals surface area contributed by atoms with Crippen LogP contribution < -0.4 is 20.7 Å². The van der Waals surface area contributed by atoms with E-state index in [2.05, 4.69) is 27.0 Å². The molecule has 0 bridgehead atoms. The number of aromatic amines is 1. The summed E-state index contributed by atoms with van der Waals surface area (Å²) in [5.74, 6) is -2.86. The molecule has 0 unspecified atom stereocenters. The molecule has 1 aromatic heterocycles. The summed E-state index contributed by atoms with van der Waals surface area (Å²) in [6.45, 7) is 1.79. The molecule has 3 fully saturated rings. The number of ether oxygens (including phenoxy) is 2. The molecule has 1 aromatic carbocycles. The van der Waals surface area contributed by atoms with E-state index in [1.54, 1.807) is 26.2 Å². The summed E-state index contributed by atoms with van der Waals surface area (Å²) in [5.41, 5.74) is -0.549. The molecule has 11 heteroatoms. The Labute approximate surface area is 219 Å². The third-order valence-corrected chi connectivity index (χ3v) is 8.08. The second-order valence-electron chi connectivity index (χ2n) is 10.6. The van der Waals surface area contributed by atoms with Gasteiger partial charge < -0.3 is 25.1 Å². The molecule has 200 valence electrons. The zero-order valence-electron chi connectivity index (χ0n) is 21.5. The smallest absolute Gasteiger partial charge is 0.268 e. The van der Waals surface area contributed by atoms with Crippen molar-refractivity contribution in [2.75, 3.05) is 14.2 Å². The number of methoxy groups -OCH3 is 2. The Hall–Kier alpha value is -3.91. The minimum atomic E-state index is -1.55. The first-order chi connectivity index (χ1) is 18.2. The highest BCUT2D eigenvalue weighted by atomic mass is 16.5. The normalized spacial score (nSPS) is 29.2. The van der Waals surface area contributed by atoms with Gasteiger partial charge in [-0.15, -0.1) is 0 Å². The van der Waals surface area contributed by atoms with Crippen molar-refractivity contribution >= 4 is 34.5 Å². The molecule has 38 heavy (non-hydrogen) atoms. The molecule has 4 amide bonds. The van der Waals surface area contributed by atoms with Crippen molar-refractivity contribution in [1.82, 2.24) is 20.9 Å². The fourth-order valence-electron chi connectivity index (χ4n) is 6.11. The lowest BCUT2D eigenvalue weighted by atomic mass is 9.64. The third-order valence-electron chi connectivity index (χ3n) is 8.08. The molecule has 0 spiro atoms. The van der Waals surface area contributed by atoms with E-state index in [0.717, 1.165) is 23.7 Å². The van der Waals surface area contributed by atoms with E-state index in [-0.39, 0.29) is 29.9 Å². The van der Waals surface area contributed by atoms with Crippen LogP contribution in [-0.2, 0) is 19.1 Å². The maximum absolute atomic E-state index is 13.7. The lowest BCUT2D eigenvalue weighted by molar-refractivity contribution is -0.141. The van der Waals surface area contributed by atoms with Crippen molar-refractivity contribution in [2.24, 2.45) is 23.7 Å². The standard InChI is InChI=1S/C27H31N5O6/c1-13-11-27(12-28,22(38-3)21-20(13)25(35)31-26(21)36)32-24(34)17(9-14-7-8-14)30-23(33)18-10-15-16(29-18)5-4-6-19(15)37-2/h4-6,10,13-14,17,20-22,29H,7-9,11H2,1-3H3,(H,30,33)(H,32,34)(H,31,35,36)/t13-,17-,20-,21-,22-,27+/m0/s1. The van der Waals surface area contributed by atoms with Crippen LogP contribution >= 0.6 is 0 Å². The van der Waals surface area contributed by atoms with Crippen LogP contribution in [-0.4, -0.2) is 60.5 Å². The molecule has 1 aliphatic heterocycles. The first-order valence-corrected chi connectivity index (χ1v) is 12.8. The molecule has 2 saturated carbocycles. The monoisotopic (exact) mass is 521 g/mol. The number of fused-ring (bicyclic) bond motifs is 2. The Kier molecular flexibility index (Phi) is 6.61. The Balaban J connectivity index is 1.39. The van der Waals surface area contributed by atoms with Gasteiger partial charge in [-0.05, 0) is 42.9 Å². The highest BCUT2D eigenvalue weighted by molar-refractivity contribution is 6.06. The Morgan fingerprint density at radius 3 is 2.61 bits per heavy atom. The highest BCUT2D eigenvalue weighted by Gasteiger charge is 2.61. The maximum Gasteiger partial charge on any atom is 0.268 e. The van der Waals surface area contributed by atoms with Gasteiger partial charge in [0.25, 0.3) is 5.91 Å². The van der Waals surface area contributed by atoms with Crippen LogP contribution in [0.5, 0.6) is 5.75 Å². The number of imide groups is 1. The number of H-pyrrole nitrogens is 1. The van der Waals surface area contributed by atoms with Crippen molar-refractivity contribution < 1.29 is 28.7 Å². The SMILES string of the molecule is COc1cccc2[nH]c(C(=O)N[C@@H](CC3CC3)C(=O)N[C@@]3(C#N)C[C@H](C)[C@@H]4C(=O)NC(=O)[C@@H]4[C@@H]3OC)cc12. The summed E-state index contributed by atoms with van der Waals surface area (Å²) >= 11 is 0. The molecule has 4 N–H and O–H groups in total. The number of carbonyl (C=O) groups excluding carboxylic acids is 4. The molecule has 3 aliphatic rings. The quantitative estimate of drug-likeness (QED) is 0.382. The number of nitriles is 1. The van der Waals surface area contributed by atoms with E-state index in [9.17, 15) is 24.4 Å². The average molecular weight is 522 g/mol. The first kappa shape index (κ1) is 25.7. The van der Waals surface area contributed by atoms with Gasteiger partial charge in [0.05, 0.1) is 25.0 Å². The molecular formula is C27H31N5O6. The molecule has 11 nitrogen and oxygen atoms in total.